The van der Waals surface area contributed by atoms with E-state index in [1.165, 1.54) is 6.42 Å². The van der Waals surface area contributed by atoms with Gasteiger partial charge in [-0.2, -0.15) is 9.97 Å². The fourth-order valence-corrected chi connectivity index (χ4v) is 3.36. The normalized spacial score (nSPS) is 24.6. The minimum atomic E-state index is -1.64. The van der Waals surface area contributed by atoms with Gasteiger partial charge >= 0.3 is 0 Å². The molecular formula is C17H17FN4O2. The summed E-state index contributed by atoms with van der Waals surface area (Å²) in [4.78, 5) is 10.6. The summed E-state index contributed by atoms with van der Waals surface area (Å²) < 4.78 is 26.3. The first-order chi connectivity index (χ1) is 11.7. The molecular weight excluding hydrogens is 311 g/mol. The summed E-state index contributed by atoms with van der Waals surface area (Å²) in [5.74, 6) is 1.07. The van der Waals surface area contributed by atoms with Gasteiger partial charge in [0, 0.05) is 18.9 Å². The zero-order valence-corrected chi connectivity index (χ0v) is 13.1. The Kier molecular flexibility index (Phi) is 2.92. The molecule has 1 saturated carbocycles. The van der Waals surface area contributed by atoms with E-state index in [-0.39, 0.29) is 18.9 Å². The third kappa shape index (κ3) is 2.11. The van der Waals surface area contributed by atoms with Gasteiger partial charge in [-0.3, -0.25) is 0 Å². The molecule has 7 heteroatoms. The van der Waals surface area contributed by atoms with Crippen LogP contribution in [0.4, 0.5) is 10.4 Å². The third-order valence-electron chi connectivity index (χ3n) is 5.07. The van der Waals surface area contributed by atoms with Gasteiger partial charge in [0.15, 0.2) is 11.4 Å². The van der Waals surface area contributed by atoms with E-state index in [4.69, 9.17) is 8.94 Å². The number of benzene rings is 1. The summed E-state index contributed by atoms with van der Waals surface area (Å²) in [6.45, 7) is 0.622. The van der Waals surface area contributed by atoms with E-state index >= 15 is 4.39 Å². The van der Waals surface area contributed by atoms with Crippen molar-refractivity contribution in [2.24, 2.45) is 0 Å². The summed E-state index contributed by atoms with van der Waals surface area (Å²) in [6, 6.07) is 7.96. The second-order valence-electron chi connectivity index (χ2n) is 6.69. The van der Waals surface area contributed by atoms with Crippen LogP contribution in [0.15, 0.2) is 33.2 Å². The molecule has 5 rings (SSSR count). The van der Waals surface area contributed by atoms with E-state index in [1.54, 1.807) is 4.90 Å². The van der Waals surface area contributed by atoms with Crippen molar-refractivity contribution in [3.63, 3.8) is 0 Å². The number of hydrogen-bond donors (Lipinski definition) is 0. The third-order valence-corrected chi connectivity index (χ3v) is 5.07. The highest BCUT2D eigenvalue weighted by Gasteiger charge is 2.46. The fourth-order valence-electron chi connectivity index (χ4n) is 3.36. The van der Waals surface area contributed by atoms with Crippen molar-refractivity contribution in [3.8, 4) is 0 Å². The van der Waals surface area contributed by atoms with Gasteiger partial charge in [-0.25, -0.2) is 4.39 Å². The van der Waals surface area contributed by atoms with Crippen LogP contribution in [0.25, 0.3) is 11.1 Å². The monoisotopic (exact) mass is 328 g/mol. The minimum absolute atomic E-state index is 0.0861. The predicted octanol–water partition coefficient (Wildman–Crippen LogP) is 3.55. The molecule has 3 aromatic rings. The molecule has 1 atom stereocenters. The van der Waals surface area contributed by atoms with Gasteiger partial charge < -0.3 is 13.8 Å². The van der Waals surface area contributed by atoms with Gasteiger partial charge in [-0.15, -0.1) is 0 Å². The van der Waals surface area contributed by atoms with Crippen LogP contribution in [-0.4, -0.2) is 28.2 Å². The topological polar surface area (TPSA) is 68.2 Å². The Morgan fingerprint density at radius 2 is 2.08 bits per heavy atom. The molecule has 1 aliphatic carbocycles. The standard InChI is InChI=1S/C17H17FN4O2/c18-17(15-20-14(21-24-15)11-4-3-5-11)8-9-22(10-17)16-19-12-6-1-2-7-13(12)23-16/h1-2,6-7,11H,3-5,8-10H2. The van der Waals surface area contributed by atoms with Crippen molar-refractivity contribution in [2.45, 2.75) is 37.3 Å². The smallest absolute Gasteiger partial charge is 0.298 e. The van der Waals surface area contributed by atoms with Crippen LogP contribution in [0.1, 0.15) is 43.3 Å². The molecule has 1 aliphatic heterocycles. The van der Waals surface area contributed by atoms with E-state index in [2.05, 4.69) is 15.1 Å². The largest absolute Gasteiger partial charge is 0.423 e. The molecule has 1 unspecified atom stereocenters. The van der Waals surface area contributed by atoms with Crippen LogP contribution < -0.4 is 4.90 Å². The molecule has 124 valence electrons. The highest BCUT2D eigenvalue weighted by Crippen LogP contribution is 2.40. The maximum Gasteiger partial charge on any atom is 0.298 e. The molecule has 0 spiro atoms. The highest BCUT2D eigenvalue weighted by atomic mass is 19.1. The van der Waals surface area contributed by atoms with Gasteiger partial charge in [0.2, 0.25) is 5.67 Å². The molecule has 0 N–H and O–H groups in total. The Balaban J connectivity index is 1.39. The summed E-state index contributed by atoms with van der Waals surface area (Å²) in [5.41, 5.74) is -0.168. The van der Waals surface area contributed by atoms with Crippen LogP contribution in [0.2, 0.25) is 0 Å². The molecule has 2 aromatic heterocycles. The maximum absolute atomic E-state index is 15.3. The average Bonchev–Trinajstić information content (AvgIpc) is 3.23. The summed E-state index contributed by atoms with van der Waals surface area (Å²) in [5, 5.41) is 3.98. The van der Waals surface area contributed by atoms with E-state index in [0.29, 0.717) is 29.9 Å². The van der Waals surface area contributed by atoms with Crippen molar-refractivity contribution in [3.05, 3.63) is 36.0 Å². The van der Waals surface area contributed by atoms with Gasteiger partial charge in [0.25, 0.3) is 11.9 Å². The number of oxazole rings is 1. The van der Waals surface area contributed by atoms with E-state index in [9.17, 15) is 0 Å². The summed E-state index contributed by atoms with van der Waals surface area (Å²) in [7, 11) is 0. The number of alkyl halides is 1. The molecule has 0 radical (unpaired) electrons. The number of para-hydroxylation sites is 2. The Bertz CT molecular complexity index is 854. The maximum atomic E-state index is 15.3. The molecule has 6 nitrogen and oxygen atoms in total. The SMILES string of the molecule is FC1(c2nc(C3CCC3)no2)CCN(c2nc3ccccc3o2)C1. The van der Waals surface area contributed by atoms with E-state index in [1.807, 2.05) is 24.3 Å². The second-order valence-corrected chi connectivity index (χ2v) is 6.69. The number of fused-ring (bicyclic) bond motifs is 1. The van der Waals surface area contributed by atoms with Crippen LogP contribution >= 0.6 is 0 Å². The van der Waals surface area contributed by atoms with Crippen LogP contribution in [0, 0.1) is 0 Å². The number of aromatic nitrogens is 3. The lowest BCUT2D eigenvalue weighted by molar-refractivity contribution is 0.135. The van der Waals surface area contributed by atoms with Gasteiger partial charge in [-0.1, -0.05) is 23.7 Å². The van der Waals surface area contributed by atoms with Crippen molar-refractivity contribution in [2.75, 3.05) is 18.0 Å². The summed E-state index contributed by atoms with van der Waals surface area (Å²) in [6.07, 6.45) is 3.60. The van der Waals surface area contributed by atoms with E-state index in [0.717, 1.165) is 18.4 Å². The minimum Gasteiger partial charge on any atom is -0.423 e. The first kappa shape index (κ1) is 13.9. The van der Waals surface area contributed by atoms with Crippen LogP contribution in [0.3, 0.4) is 0 Å². The van der Waals surface area contributed by atoms with E-state index < -0.39 is 5.67 Å². The first-order valence-electron chi connectivity index (χ1n) is 8.35. The molecule has 2 aliphatic rings. The lowest BCUT2D eigenvalue weighted by Crippen LogP contribution is -2.27. The van der Waals surface area contributed by atoms with Gasteiger partial charge in [0.05, 0.1) is 6.54 Å². The lowest BCUT2D eigenvalue weighted by atomic mass is 9.85. The molecule has 1 saturated heterocycles. The van der Waals surface area contributed by atoms with Gasteiger partial charge in [-0.05, 0) is 25.0 Å². The fraction of sp³-hybridized carbons (Fsp3) is 0.471. The molecule has 0 bridgehead atoms. The zero-order valence-electron chi connectivity index (χ0n) is 13.1. The zero-order chi connectivity index (χ0) is 16.1. The predicted molar refractivity (Wildman–Crippen MR) is 84.5 cm³/mol. The van der Waals surface area contributed by atoms with Crippen molar-refractivity contribution >= 4 is 17.1 Å². The second kappa shape index (κ2) is 5.03. The van der Waals surface area contributed by atoms with Crippen molar-refractivity contribution in [1.82, 2.24) is 15.1 Å². The van der Waals surface area contributed by atoms with Gasteiger partial charge in [0.1, 0.15) is 5.52 Å². The molecule has 3 heterocycles. The summed E-state index contributed by atoms with van der Waals surface area (Å²) >= 11 is 0. The average molecular weight is 328 g/mol. The number of nitrogens with zero attached hydrogens (tertiary/aromatic N) is 4. The molecule has 2 fully saturated rings. The Hall–Kier alpha value is -2.44. The number of hydrogen-bond acceptors (Lipinski definition) is 6. The Morgan fingerprint density at radius 3 is 2.88 bits per heavy atom. The Labute approximate surface area is 137 Å². The molecule has 24 heavy (non-hydrogen) atoms. The lowest BCUT2D eigenvalue weighted by Gasteiger charge is -2.21. The first-order valence-corrected chi connectivity index (χ1v) is 8.35. The van der Waals surface area contributed by atoms with Crippen LogP contribution in [0.5, 0.6) is 0 Å². The molecule has 1 aromatic carbocycles. The number of rotatable bonds is 3. The quantitative estimate of drug-likeness (QED) is 0.732. The van der Waals surface area contributed by atoms with Crippen molar-refractivity contribution < 1.29 is 13.3 Å². The van der Waals surface area contributed by atoms with Crippen molar-refractivity contribution in [1.29, 1.82) is 0 Å². The Morgan fingerprint density at radius 1 is 1.21 bits per heavy atom. The number of anilines is 1. The molecule has 0 amide bonds. The highest BCUT2D eigenvalue weighted by molar-refractivity contribution is 5.74. The number of halogens is 1. The van der Waals surface area contributed by atoms with Crippen LogP contribution in [-0.2, 0) is 5.67 Å².